The first-order valence-electron chi connectivity index (χ1n) is 10.6. The van der Waals surface area contributed by atoms with Crippen molar-refractivity contribution in [2.45, 2.75) is 103 Å². The summed E-state index contributed by atoms with van der Waals surface area (Å²) in [6, 6.07) is 6.61. The predicted octanol–water partition coefficient (Wildman–Crippen LogP) is 5.90. The monoisotopic (exact) mass is 439 g/mol. The van der Waals surface area contributed by atoms with Gasteiger partial charge in [0.15, 0.2) is 22.0 Å². The van der Waals surface area contributed by atoms with Crippen LogP contribution in [0.5, 0.6) is 0 Å². The molecule has 170 valence electrons. The summed E-state index contributed by atoms with van der Waals surface area (Å²) in [6.45, 7) is 5.75. The normalized spacial score (nSPS) is 11.8. The van der Waals surface area contributed by atoms with Crippen LogP contribution in [0.1, 0.15) is 90.2 Å². The van der Waals surface area contributed by atoms with Crippen molar-refractivity contribution >= 4 is 10.1 Å². The molecule has 1 aromatic rings. The van der Waals surface area contributed by atoms with Gasteiger partial charge in [-0.1, -0.05) is 71.3 Å². The third-order valence-corrected chi connectivity index (χ3v) is 5.14. The van der Waals surface area contributed by atoms with Crippen LogP contribution in [-0.2, 0) is 23.1 Å². The Morgan fingerprint density at radius 2 is 1.34 bits per heavy atom. The molecule has 0 saturated heterocycles. The van der Waals surface area contributed by atoms with Crippen LogP contribution in [-0.4, -0.2) is 18.5 Å². The van der Waals surface area contributed by atoms with E-state index < -0.39 is 15.6 Å². The molecule has 0 saturated carbocycles. The van der Waals surface area contributed by atoms with Crippen molar-refractivity contribution in [1.82, 2.24) is 0 Å². The lowest BCUT2D eigenvalue weighted by Gasteiger charge is -2.08. The summed E-state index contributed by atoms with van der Waals surface area (Å²) in [5, 5.41) is 0. The number of unbranched alkanes of at least 4 members (excludes halogenated alkanes) is 9. The molecule has 0 aliphatic heterocycles. The van der Waals surface area contributed by atoms with Crippen molar-refractivity contribution in [1.29, 1.82) is 0 Å². The van der Waals surface area contributed by atoms with Crippen LogP contribution >= 0.6 is 0 Å². The third-order valence-electron chi connectivity index (χ3n) is 4.58. The van der Waals surface area contributed by atoms with E-state index in [0.717, 1.165) is 0 Å². The lowest BCUT2D eigenvalue weighted by molar-refractivity contribution is -0.704. The Hall–Kier alpha value is -1.15. The molecule has 8 heteroatoms. The number of nitrogens with zero attached hydrogens (tertiary/aromatic N) is 1. The number of hydrogen-bond acceptors (Lipinski definition) is 3. The number of halogens is 3. The van der Waals surface area contributed by atoms with Crippen molar-refractivity contribution in [2.24, 2.45) is 0 Å². The molecule has 0 fully saturated rings. The fourth-order valence-electron chi connectivity index (χ4n) is 2.98. The van der Waals surface area contributed by atoms with Gasteiger partial charge in [0.25, 0.3) is 0 Å². The molecule has 0 aliphatic rings. The molecule has 4 nitrogen and oxygen atoms in total. The summed E-state index contributed by atoms with van der Waals surface area (Å²) in [6.07, 6.45) is 18.9. The average Bonchev–Trinajstić information content (AvgIpc) is 2.63. The van der Waals surface area contributed by atoms with Crippen molar-refractivity contribution in [3.8, 4) is 0 Å². The molecule has 0 unspecified atom stereocenters. The zero-order chi connectivity index (χ0) is 22.2. The van der Waals surface area contributed by atoms with Gasteiger partial charge in [-0.2, -0.15) is 13.2 Å². The van der Waals surface area contributed by atoms with Gasteiger partial charge < -0.3 is 4.55 Å². The van der Waals surface area contributed by atoms with Gasteiger partial charge in [-0.15, -0.1) is 0 Å². The zero-order valence-electron chi connectivity index (χ0n) is 17.7. The quantitative estimate of drug-likeness (QED) is 0.166. The van der Waals surface area contributed by atoms with E-state index in [1.807, 2.05) is 0 Å². The van der Waals surface area contributed by atoms with Crippen LogP contribution in [0, 0.1) is 0 Å². The van der Waals surface area contributed by atoms with Crippen LogP contribution < -0.4 is 4.57 Å². The number of alkyl halides is 3. The second-order valence-electron chi connectivity index (χ2n) is 7.22. The molecule has 0 amide bonds. The minimum absolute atomic E-state index is 1.20. The molecule has 0 bridgehead atoms. The maximum atomic E-state index is 10.7. The van der Waals surface area contributed by atoms with E-state index in [2.05, 4.69) is 42.8 Å². The highest BCUT2D eigenvalue weighted by molar-refractivity contribution is 7.86. The van der Waals surface area contributed by atoms with Crippen molar-refractivity contribution in [2.75, 3.05) is 0 Å². The fourth-order valence-corrected chi connectivity index (χ4v) is 2.98. The molecule has 0 N–H and O–H groups in total. The Morgan fingerprint density at radius 3 is 1.79 bits per heavy atom. The summed E-state index contributed by atoms with van der Waals surface area (Å²) in [5.41, 5.74) is -4.15. The summed E-state index contributed by atoms with van der Waals surface area (Å²) in [7, 11) is -6.09. The van der Waals surface area contributed by atoms with Crippen molar-refractivity contribution in [3.05, 3.63) is 30.1 Å². The largest absolute Gasteiger partial charge is 0.741 e. The lowest BCUT2D eigenvalue weighted by Crippen LogP contribution is -2.37. The smallest absolute Gasteiger partial charge is 0.485 e. The van der Waals surface area contributed by atoms with Crippen LogP contribution in [0.2, 0.25) is 0 Å². The Balaban J connectivity index is 0.000000828. The number of aryl methyl sites for hydroxylation is 2. The average molecular weight is 440 g/mol. The Morgan fingerprint density at radius 1 is 0.862 bits per heavy atom. The van der Waals surface area contributed by atoms with E-state index in [4.69, 9.17) is 13.0 Å². The molecule has 1 heterocycles. The van der Waals surface area contributed by atoms with E-state index in [0.29, 0.717) is 0 Å². The number of rotatable bonds is 13. The molecular formula is C21H36F3NO3S. The number of pyridine rings is 1. The van der Waals surface area contributed by atoms with Gasteiger partial charge in [0.05, 0.1) is 0 Å². The SMILES string of the molecule is CCCCCCCCCCCC[n+]1ccccc1CCC.O=S(=O)([O-])C(F)(F)F. The first kappa shape index (κ1) is 27.8. The van der Waals surface area contributed by atoms with E-state index >= 15 is 0 Å². The Kier molecular flexibility index (Phi) is 15.0. The third kappa shape index (κ3) is 14.5. The van der Waals surface area contributed by atoms with Crippen LogP contribution in [0.25, 0.3) is 0 Å². The van der Waals surface area contributed by atoms with Gasteiger partial charge in [-0.25, -0.2) is 13.0 Å². The van der Waals surface area contributed by atoms with Gasteiger partial charge in [0.1, 0.15) is 6.54 Å². The van der Waals surface area contributed by atoms with Gasteiger partial charge in [-0.3, -0.25) is 0 Å². The highest BCUT2D eigenvalue weighted by atomic mass is 32.2. The molecule has 0 atom stereocenters. The predicted molar refractivity (Wildman–Crippen MR) is 108 cm³/mol. The first-order valence-corrected chi connectivity index (χ1v) is 12.0. The maximum Gasteiger partial charge on any atom is 0.485 e. The van der Waals surface area contributed by atoms with Gasteiger partial charge in [0, 0.05) is 25.0 Å². The molecule has 1 aromatic heterocycles. The highest BCUT2D eigenvalue weighted by Gasteiger charge is 2.36. The molecule has 1 rings (SSSR count). The molecule has 0 aliphatic carbocycles. The van der Waals surface area contributed by atoms with Crippen molar-refractivity contribution < 1.29 is 30.7 Å². The van der Waals surface area contributed by atoms with Gasteiger partial charge in [-0.05, 0) is 12.8 Å². The summed E-state index contributed by atoms with van der Waals surface area (Å²) >= 11 is 0. The highest BCUT2D eigenvalue weighted by Crippen LogP contribution is 2.20. The Bertz CT molecular complexity index is 634. The molecule has 29 heavy (non-hydrogen) atoms. The van der Waals surface area contributed by atoms with Crippen molar-refractivity contribution in [3.63, 3.8) is 0 Å². The topological polar surface area (TPSA) is 61.1 Å². The standard InChI is InChI=1S/C20H36N.CHF3O3S/c1-3-5-6-7-8-9-10-11-12-14-18-21-19-15-13-17-20(21)16-4-2;2-1(3,4)8(5,6)7/h13,15,17,19H,3-12,14,16,18H2,1-2H3;(H,5,6,7)/q+1;/p-1. The van der Waals surface area contributed by atoms with Gasteiger partial charge >= 0.3 is 5.51 Å². The lowest BCUT2D eigenvalue weighted by atomic mass is 10.1. The maximum absolute atomic E-state index is 10.7. The van der Waals surface area contributed by atoms with E-state index in [-0.39, 0.29) is 0 Å². The zero-order valence-corrected chi connectivity index (χ0v) is 18.5. The molecule has 0 aromatic carbocycles. The van der Waals surface area contributed by atoms with E-state index in [1.165, 1.54) is 89.3 Å². The summed E-state index contributed by atoms with van der Waals surface area (Å²) in [5.74, 6) is 0. The fraction of sp³-hybridized carbons (Fsp3) is 0.762. The second-order valence-corrected chi connectivity index (χ2v) is 8.59. The number of aromatic nitrogens is 1. The first-order chi connectivity index (χ1) is 13.6. The van der Waals surface area contributed by atoms with Gasteiger partial charge in [0.2, 0.25) is 0 Å². The minimum Gasteiger partial charge on any atom is -0.741 e. The second kappa shape index (κ2) is 15.7. The van der Waals surface area contributed by atoms with Crippen LogP contribution in [0.3, 0.4) is 0 Å². The minimum atomic E-state index is -6.09. The van der Waals surface area contributed by atoms with Crippen LogP contribution in [0.15, 0.2) is 24.4 Å². The summed E-state index contributed by atoms with van der Waals surface area (Å²) < 4.78 is 61.4. The molecule has 0 spiro atoms. The van der Waals surface area contributed by atoms with Crippen LogP contribution in [0.4, 0.5) is 13.2 Å². The molecule has 0 radical (unpaired) electrons. The number of hydrogen-bond donors (Lipinski definition) is 0. The van der Waals surface area contributed by atoms with E-state index in [1.54, 1.807) is 0 Å². The Labute approximate surface area is 174 Å². The molecular weight excluding hydrogens is 403 g/mol. The van der Waals surface area contributed by atoms with E-state index in [9.17, 15) is 13.2 Å². The summed E-state index contributed by atoms with van der Waals surface area (Å²) in [4.78, 5) is 0.